The van der Waals surface area contributed by atoms with E-state index in [4.69, 9.17) is 10.6 Å². The Morgan fingerprint density at radius 3 is 2.58 bits per heavy atom. The zero-order valence-corrected chi connectivity index (χ0v) is 14.6. The second-order valence-corrected chi connectivity index (χ2v) is 6.41. The van der Waals surface area contributed by atoms with Crippen molar-refractivity contribution in [3.63, 3.8) is 0 Å². The molecule has 1 fully saturated rings. The van der Waals surface area contributed by atoms with Crippen LogP contribution in [0.15, 0.2) is 72.1 Å². The molecule has 0 atom stereocenters. The van der Waals surface area contributed by atoms with E-state index in [-0.39, 0.29) is 0 Å². The van der Waals surface area contributed by atoms with Crippen molar-refractivity contribution in [1.29, 1.82) is 0 Å². The third-order valence-electron chi connectivity index (χ3n) is 4.45. The normalized spacial score (nSPS) is 14.4. The van der Waals surface area contributed by atoms with Crippen LogP contribution in [0, 0.1) is 5.92 Å². The largest absolute Gasteiger partial charge is 0.394 e. The van der Waals surface area contributed by atoms with Crippen molar-refractivity contribution >= 4 is 5.71 Å². The van der Waals surface area contributed by atoms with Gasteiger partial charge in [0.15, 0.2) is 0 Å². The van der Waals surface area contributed by atoms with Crippen molar-refractivity contribution in [2.45, 2.75) is 12.8 Å². The van der Waals surface area contributed by atoms with Gasteiger partial charge in [-0.3, -0.25) is 4.57 Å². The molecule has 0 aliphatic heterocycles. The summed E-state index contributed by atoms with van der Waals surface area (Å²) in [6, 6.07) is 18.6. The molecule has 3 aromatic rings. The third kappa shape index (κ3) is 3.53. The molecule has 1 saturated carbocycles. The van der Waals surface area contributed by atoms with E-state index in [0.717, 1.165) is 28.4 Å². The molecule has 0 spiro atoms. The van der Waals surface area contributed by atoms with Gasteiger partial charge >= 0.3 is 0 Å². The standard InChI is InChI=1S/C21H22N4O/c22-12-15-26-24-20(16-6-7-16)17-8-10-19(11-9-17)25-14-13-23-21(25)18-4-2-1-3-5-18/h1-5,8-11,13-14,16H,6-7,12,15,22H2/b24-20+. The highest BCUT2D eigenvalue weighted by Gasteiger charge is 2.29. The SMILES string of the molecule is NCCO/N=C(/c1ccc(-n2ccnc2-c2ccccc2)cc1)C1CC1. The molecule has 1 aromatic heterocycles. The highest BCUT2D eigenvalue weighted by atomic mass is 16.6. The van der Waals surface area contributed by atoms with Crippen LogP contribution in [-0.4, -0.2) is 28.4 Å². The predicted octanol–water partition coefficient (Wildman–Crippen LogP) is 3.63. The van der Waals surface area contributed by atoms with Gasteiger partial charge in [0.1, 0.15) is 12.4 Å². The van der Waals surface area contributed by atoms with Crippen molar-refractivity contribution in [1.82, 2.24) is 9.55 Å². The lowest BCUT2D eigenvalue weighted by atomic mass is 10.1. The topological polar surface area (TPSA) is 65.4 Å². The lowest BCUT2D eigenvalue weighted by Crippen LogP contribution is -2.09. The smallest absolute Gasteiger partial charge is 0.144 e. The van der Waals surface area contributed by atoms with Gasteiger partial charge in [-0.15, -0.1) is 0 Å². The second-order valence-electron chi connectivity index (χ2n) is 6.41. The average Bonchev–Trinajstić information content (AvgIpc) is 3.41. The Kier molecular flexibility index (Phi) is 4.80. The van der Waals surface area contributed by atoms with Crippen molar-refractivity contribution in [2.24, 2.45) is 16.8 Å². The van der Waals surface area contributed by atoms with Crippen LogP contribution in [0.2, 0.25) is 0 Å². The Labute approximate surface area is 153 Å². The fraction of sp³-hybridized carbons (Fsp3) is 0.238. The van der Waals surface area contributed by atoms with E-state index in [0.29, 0.717) is 19.1 Å². The van der Waals surface area contributed by atoms with Gasteiger partial charge in [0.25, 0.3) is 0 Å². The lowest BCUT2D eigenvalue weighted by Gasteiger charge is -2.10. The third-order valence-corrected chi connectivity index (χ3v) is 4.45. The summed E-state index contributed by atoms with van der Waals surface area (Å²) >= 11 is 0. The summed E-state index contributed by atoms with van der Waals surface area (Å²) in [5, 5.41) is 4.32. The van der Waals surface area contributed by atoms with Gasteiger partial charge in [0, 0.05) is 36.1 Å². The minimum absolute atomic E-state index is 0.448. The van der Waals surface area contributed by atoms with E-state index in [1.807, 2.05) is 30.6 Å². The number of oxime groups is 1. The molecule has 5 heteroatoms. The van der Waals surface area contributed by atoms with Crippen molar-refractivity contribution < 1.29 is 4.84 Å². The number of nitrogens with two attached hydrogens (primary N) is 1. The molecule has 0 saturated heterocycles. The van der Waals surface area contributed by atoms with Crippen LogP contribution in [0.25, 0.3) is 17.1 Å². The first-order valence-corrected chi connectivity index (χ1v) is 8.96. The number of aromatic nitrogens is 2. The van der Waals surface area contributed by atoms with Crippen LogP contribution >= 0.6 is 0 Å². The van der Waals surface area contributed by atoms with Crippen LogP contribution in [0.5, 0.6) is 0 Å². The van der Waals surface area contributed by atoms with Gasteiger partial charge < -0.3 is 10.6 Å². The predicted molar refractivity (Wildman–Crippen MR) is 103 cm³/mol. The molecular formula is C21H22N4O. The molecule has 0 amide bonds. The molecule has 4 rings (SSSR count). The molecule has 1 aliphatic rings. The minimum Gasteiger partial charge on any atom is -0.394 e. The van der Waals surface area contributed by atoms with Gasteiger partial charge in [-0.25, -0.2) is 4.98 Å². The summed E-state index contributed by atoms with van der Waals surface area (Å²) in [7, 11) is 0. The van der Waals surface area contributed by atoms with Crippen LogP contribution in [0.4, 0.5) is 0 Å². The summed E-state index contributed by atoms with van der Waals surface area (Å²) in [6.07, 6.45) is 6.16. The number of rotatable bonds is 7. The molecule has 1 heterocycles. The van der Waals surface area contributed by atoms with E-state index in [2.05, 4.69) is 51.1 Å². The first kappa shape index (κ1) is 16.5. The summed E-state index contributed by atoms with van der Waals surface area (Å²) in [5.41, 5.74) is 9.78. The highest BCUT2D eigenvalue weighted by Crippen LogP contribution is 2.34. The minimum atomic E-state index is 0.448. The summed E-state index contributed by atoms with van der Waals surface area (Å²) in [4.78, 5) is 9.84. The number of nitrogens with zero attached hydrogens (tertiary/aromatic N) is 3. The Morgan fingerprint density at radius 2 is 1.88 bits per heavy atom. The van der Waals surface area contributed by atoms with Crippen molar-refractivity contribution in [3.05, 3.63) is 72.6 Å². The average molecular weight is 346 g/mol. The molecule has 0 bridgehead atoms. The molecule has 26 heavy (non-hydrogen) atoms. The quantitative estimate of drug-likeness (QED) is 0.404. The molecule has 5 nitrogen and oxygen atoms in total. The van der Waals surface area contributed by atoms with E-state index >= 15 is 0 Å². The summed E-state index contributed by atoms with van der Waals surface area (Å²) in [5.74, 6) is 1.44. The van der Waals surface area contributed by atoms with E-state index in [1.54, 1.807) is 0 Å². The Balaban J connectivity index is 1.61. The molecular weight excluding hydrogens is 324 g/mol. The Bertz CT molecular complexity index is 880. The van der Waals surface area contributed by atoms with Gasteiger partial charge in [0.05, 0.1) is 5.71 Å². The van der Waals surface area contributed by atoms with Crippen LogP contribution < -0.4 is 5.73 Å². The monoisotopic (exact) mass is 346 g/mol. The first-order valence-electron chi connectivity index (χ1n) is 8.96. The zero-order valence-electron chi connectivity index (χ0n) is 14.6. The van der Waals surface area contributed by atoms with Gasteiger partial charge in [0.2, 0.25) is 0 Å². The van der Waals surface area contributed by atoms with E-state index in [9.17, 15) is 0 Å². The Morgan fingerprint density at radius 1 is 1.12 bits per heavy atom. The molecule has 1 aliphatic carbocycles. The fourth-order valence-electron chi connectivity index (χ4n) is 2.99. The van der Waals surface area contributed by atoms with Crippen molar-refractivity contribution in [3.8, 4) is 17.1 Å². The van der Waals surface area contributed by atoms with Crippen molar-refractivity contribution in [2.75, 3.05) is 13.2 Å². The second kappa shape index (κ2) is 7.54. The molecule has 2 aromatic carbocycles. The van der Waals surface area contributed by atoms with Gasteiger partial charge in [-0.05, 0) is 30.5 Å². The molecule has 0 unspecified atom stereocenters. The molecule has 2 N–H and O–H groups in total. The van der Waals surface area contributed by atoms with Gasteiger partial charge in [-0.2, -0.15) is 0 Å². The highest BCUT2D eigenvalue weighted by molar-refractivity contribution is 6.03. The maximum Gasteiger partial charge on any atom is 0.144 e. The maximum atomic E-state index is 5.48. The Hall–Kier alpha value is -2.92. The fourth-order valence-corrected chi connectivity index (χ4v) is 2.99. The lowest BCUT2D eigenvalue weighted by molar-refractivity contribution is 0.151. The van der Waals surface area contributed by atoms with Crippen LogP contribution in [0.1, 0.15) is 18.4 Å². The van der Waals surface area contributed by atoms with Crippen LogP contribution in [0.3, 0.4) is 0 Å². The number of imidazole rings is 1. The van der Waals surface area contributed by atoms with Crippen LogP contribution in [-0.2, 0) is 4.84 Å². The summed E-state index contributed by atoms with van der Waals surface area (Å²) < 4.78 is 2.10. The summed E-state index contributed by atoms with van der Waals surface area (Å²) in [6.45, 7) is 0.924. The number of hydrogen-bond acceptors (Lipinski definition) is 4. The first-order chi connectivity index (χ1) is 12.9. The zero-order chi connectivity index (χ0) is 17.8. The maximum absolute atomic E-state index is 5.48. The number of benzene rings is 2. The number of hydrogen-bond donors (Lipinski definition) is 1. The molecule has 0 radical (unpaired) electrons. The molecule has 132 valence electrons. The van der Waals surface area contributed by atoms with Gasteiger partial charge in [-0.1, -0.05) is 47.6 Å². The van der Waals surface area contributed by atoms with E-state index in [1.165, 1.54) is 12.8 Å². The van der Waals surface area contributed by atoms with E-state index < -0.39 is 0 Å².